The highest BCUT2D eigenvalue weighted by atomic mass is 19.1. The van der Waals surface area contributed by atoms with Gasteiger partial charge in [-0.05, 0) is 36.4 Å². The number of hydrogen-bond acceptors (Lipinski definition) is 3. The van der Waals surface area contributed by atoms with E-state index in [9.17, 15) is 9.18 Å². The van der Waals surface area contributed by atoms with Crippen LogP contribution < -0.4 is 10.1 Å². The molecule has 4 heteroatoms. The quantitative estimate of drug-likeness (QED) is 0.666. The van der Waals surface area contributed by atoms with E-state index in [0.29, 0.717) is 5.56 Å². The summed E-state index contributed by atoms with van der Waals surface area (Å²) in [6, 6.07) is 12.8. The second kappa shape index (κ2) is 6.52. The number of carbonyl (C=O) groups is 1. The van der Waals surface area contributed by atoms with Crippen molar-refractivity contribution in [2.45, 2.75) is 0 Å². The van der Waals surface area contributed by atoms with E-state index in [1.165, 1.54) is 30.3 Å². The minimum absolute atomic E-state index is 0.194. The molecule has 2 aromatic carbocycles. The van der Waals surface area contributed by atoms with Crippen molar-refractivity contribution < 1.29 is 13.9 Å². The molecule has 0 heterocycles. The van der Waals surface area contributed by atoms with Gasteiger partial charge in [0.05, 0.1) is 7.11 Å². The number of carbonyl (C=O) groups excluding carboxylic acids is 1. The highest BCUT2D eigenvalue weighted by molar-refractivity contribution is 6.04. The van der Waals surface area contributed by atoms with E-state index >= 15 is 0 Å². The van der Waals surface area contributed by atoms with Gasteiger partial charge in [-0.15, -0.1) is 0 Å². The molecule has 0 saturated heterocycles. The SMILES string of the molecule is COc1cccc(N/C=C/C(=O)c2ccc(F)cc2)c1. The lowest BCUT2D eigenvalue weighted by molar-refractivity contribution is 0.104. The zero-order chi connectivity index (χ0) is 14.4. The van der Waals surface area contributed by atoms with Crippen LogP contribution in [0.15, 0.2) is 60.8 Å². The van der Waals surface area contributed by atoms with Gasteiger partial charge in [0.1, 0.15) is 11.6 Å². The van der Waals surface area contributed by atoms with Gasteiger partial charge in [-0.3, -0.25) is 4.79 Å². The zero-order valence-corrected chi connectivity index (χ0v) is 11.0. The predicted octanol–water partition coefficient (Wildman–Crippen LogP) is 3.64. The molecule has 0 bridgehead atoms. The summed E-state index contributed by atoms with van der Waals surface area (Å²) in [7, 11) is 1.59. The van der Waals surface area contributed by atoms with Crippen molar-refractivity contribution in [2.24, 2.45) is 0 Å². The van der Waals surface area contributed by atoms with Gasteiger partial charge < -0.3 is 10.1 Å². The fourth-order valence-electron chi connectivity index (χ4n) is 1.64. The van der Waals surface area contributed by atoms with E-state index in [-0.39, 0.29) is 11.6 Å². The Bertz CT molecular complexity index is 621. The molecule has 0 aromatic heterocycles. The number of allylic oxidation sites excluding steroid dienone is 1. The first-order chi connectivity index (χ1) is 9.69. The first-order valence-corrected chi connectivity index (χ1v) is 6.06. The van der Waals surface area contributed by atoms with Crippen LogP contribution in [0.1, 0.15) is 10.4 Å². The van der Waals surface area contributed by atoms with Crippen molar-refractivity contribution in [3.8, 4) is 5.75 Å². The minimum Gasteiger partial charge on any atom is -0.497 e. The normalized spacial score (nSPS) is 10.5. The monoisotopic (exact) mass is 271 g/mol. The third-order valence-corrected chi connectivity index (χ3v) is 2.68. The Morgan fingerprint density at radius 1 is 1.20 bits per heavy atom. The molecule has 0 aliphatic rings. The van der Waals surface area contributed by atoms with Crippen LogP contribution in [-0.2, 0) is 0 Å². The van der Waals surface area contributed by atoms with E-state index < -0.39 is 0 Å². The highest BCUT2D eigenvalue weighted by Crippen LogP contribution is 2.16. The number of rotatable bonds is 5. The van der Waals surface area contributed by atoms with Crippen molar-refractivity contribution in [1.82, 2.24) is 0 Å². The first-order valence-electron chi connectivity index (χ1n) is 6.06. The molecule has 0 atom stereocenters. The van der Waals surface area contributed by atoms with Crippen molar-refractivity contribution in [2.75, 3.05) is 12.4 Å². The molecule has 0 saturated carbocycles. The van der Waals surface area contributed by atoms with E-state index in [0.717, 1.165) is 11.4 Å². The third kappa shape index (κ3) is 3.68. The van der Waals surface area contributed by atoms with Crippen molar-refractivity contribution in [3.05, 3.63) is 72.2 Å². The smallest absolute Gasteiger partial charge is 0.187 e. The molecule has 0 amide bonds. The molecule has 2 rings (SSSR count). The summed E-state index contributed by atoms with van der Waals surface area (Å²) in [5.41, 5.74) is 1.25. The maximum absolute atomic E-state index is 12.7. The molecule has 1 N–H and O–H groups in total. The first kappa shape index (κ1) is 13.8. The van der Waals surface area contributed by atoms with Gasteiger partial charge in [-0.1, -0.05) is 6.07 Å². The Kier molecular flexibility index (Phi) is 4.50. The molecule has 20 heavy (non-hydrogen) atoms. The second-order valence-electron chi connectivity index (χ2n) is 4.08. The molecule has 0 unspecified atom stereocenters. The maximum Gasteiger partial charge on any atom is 0.187 e. The Morgan fingerprint density at radius 3 is 2.65 bits per heavy atom. The summed E-state index contributed by atoms with van der Waals surface area (Å²) in [6.07, 6.45) is 2.94. The number of anilines is 1. The molecular formula is C16H14FNO2. The van der Waals surface area contributed by atoms with Gasteiger partial charge in [0.2, 0.25) is 0 Å². The lowest BCUT2D eigenvalue weighted by Gasteiger charge is -2.03. The largest absolute Gasteiger partial charge is 0.497 e. The number of hydrogen-bond donors (Lipinski definition) is 1. The zero-order valence-electron chi connectivity index (χ0n) is 11.0. The predicted molar refractivity (Wildman–Crippen MR) is 76.5 cm³/mol. The number of halogens is 1. The van der Waals surface area contributed by atoms with E-state index in [2.05, 4.69) is 5.32 Å². The standard InChI is InChI=1S/C16H14FNO2/c1-20-15-4-2-3-14(11-15)18-10-9-16(19)12-5-7-13(17)8-6-12/h2-11,18H,1H3/b10-9+. The number of methoxy groups -OCH3 is 1. The summed E-state index contributed by atoms with van der Waals surface area (Å²) in [5.74, 6) is 0.175. The lowest BCUT2D eigenvalue weighted by Crippen LogP contribution is -1.96. The van der Waals surface area contributed by atoms with Gasteiger partial charge in [0.25, 0.3) is 0 Å². The van der Waals surface area contributed by atoms with Crippen LogP contribution in [0.25, 0.3) is 0 Å². The van der Waals surface area contributed by atoms with Gasteiger partial charge in [0.15, 0.2) is 5.78 Å². The van der Waals surface area contributed by atoms with Crippen LogP contribution >= 0.6 is 0 Å². The maximum atomic E-state index is 12.7. The van der Waals surface area contributed by atoms with Crippen LogP contribution in [0.4, 0.5) is 10.1 Å². The van der Waals surface area contributed by atoms with E-state index in [1.807, 2.05) is 24.3 Å². The molecule has 3 nitrogen and oxygen atoms in total. The molecule has 0 spiro atoms. The van der Waals surface area contributed by atoms with Crippen molar-refractivity contribution in [3.63, 3.8) is 0 Å². The number of ketones is 1. The van der Waals surface area contributed by atoms with E-state index in [4.69, 9.17) is 4.74 Å². The Hall–Kier alpha value is -2.62. The van der Waals surface area contributed by atoms with Crippen LogP contribution in [-0.4, -0.2) is 12.9 Å². The summed E-state index contributed by atoms with van der Waals surface area (Å²) < 4.78 is 17.8. The Morgan fingerprint density at radius 2 is 1.95 bits per heavy atom. The number of benzene rings is 2. The van der Waals surface area contributed by atoms with Crippen LogP contribution in [0.2, 0.25) is 0 Å². The third-order valence-electron chi connectivity index (χ3n) is 2.68. The molecule has 0 aliphatic heterocycles. The Labute approximate surface area is 116 Å². The molecule has 0 aliphatic carbocycles. The van der Waals surface area contributed by atoms with Crippen LogP contribution in [0, 0.1) is 5.82 Å². The topological polar surface area (TPSA) is 38.3 Å². The summed E-state index contributed by atoms with van der Waals surface area (Å²) in [5, 5.41) is 2.98. The minimum atomic E-state index is -0.361. The van der Waals surface area contributed by atoms with Crippen molar-refractivity contribution in [1.29, 1.82) is 0 Å². The summed E-state index contributed by atoms with van der Waals surface area (Å²) in [6.45, 7) is 0. The average molecular weight is 271 g/mol. The molecule has 102 valence electrons. The fourth-order valence-corrected chi connectivity index (χ4v) is 1.64. The van der Waals surface area contributed by atoms with Gasteiger partial charge >= 0.3 is 0 Å². The fraction of sp³-hybridized carbons (Fsp3) is 0.0625. The highest BCUT2D eigenvalue weighted by Gasteiger charge is 2.01. The molecule has 0 radical (unpaired) electrons. The van der Waals surface area contributed by atoms with Crippen LogP contribution in [0.5, 0.6) is 5.75 Å². The number of nitrogens with one attached hydrogen (secondary N) is 1. The molecule has 0 fully saturated rings. The van der Waals surface area contributed by atoms with Crippen molar-refractivity contribution >= 4 is 11.5 Å². The van der Waals surface area contributed by atoms with Gasteiger partial charge in [-0.2, -0.15) is 0 Å². The second-order valence-corrected chi connectivity index (χ2v) is 4.08. The molecular weight excluding hydrogens is 257 g/mol. The lowest BCUT2D eigenvalue weighted by atomic mass is 10.1. The van der Waals surface area contributed by atoms with Gasteiger partial charge in [0, 0.05) is 29.6 Å². The molecule has 2 aromatic rings. The summed E-state index contributed by atoms with van der Waals surface area (Å²) >= 11 is 0. The van der Waals surface area contributed by atoms with E-state index in [1.54, 1.807) is 13.3 Å². The van der Waals surface area contributed by atoms with Gasteiger partial charge in [-0.25, -0.2) is 4.39 Å². The average Bonchev–Trinajstić information content (AvgIpc) is 2.48. The van der Waals surface area contributed by atoms with Crippen LogP contribution in [0.3, 0.4) is 0 Å². The number of ether oxygens (including phenoxy) is 1. The Balaban J connectivity index is 1.99. The summed E-state index contributed by atoms with van der Waals surface area (Å²) in [4.78, 5) is 11.8.